The fourth-order valence-corrected chi connectivity index (χ4v) is 16.8. The highest BCUT2D eigenvalue weighted by atomic mass is 16.8. The van der Waals surface area contributed by atoms with Gasteiger partial charge in [-0.3, -0.25) is 0 Å². The number of hydrogen-bond donors (Lipinski definition) is 18. The fraction of sp³-hybridized carbons (Fsp3) is 0.966. The third-order valence-corrected chi connectivity index (χ3v) is 22.1. The van der Waals surface area contributed by atoms with Gasteiger partial charge >= 0.3 is 0 Å². The van der Waals surface area contributed by atoms with Crippen molar-refractivity contribution in [1.82, 2.24) is 0 Å². The summed E-state index contributed by atoms with van der Waals surface area (Å²) in [6.45, 7) is 4.51. The molecule has 0 aromatic rings. The molecule has 0 radical (unpaired) electrons. The molecular weight excluding hydrogens is 1180 g/mol. The molecule has 6 aliphatic heterocycles. The van der Waals surface area contributed by atoms with E-state index in [-0.39, 0.29) is 47.7 Å². The normalized spacial score (nSPS) is 54.2. The standard InChI is InChI=1S/C58H96O30/c1-22(21-78-50-43(72)39(68)35(64)29(16-59)80-50)8-13-58(77-5)23(2)34-28(88-58)15-57(76)27-7-6-24-14-25(9-11-55(24,3)26(27)10-12-56(34,57)4)79-51-46(75)42(71)47(33(20-63)84-51)85-54-49(87-53-45(74)41(70)37(66)31(18-61)82-53)48(38(67)32(19-62)83-54)86-52-44(73)40(69)36(65)30(17-60)81-52/h6,22-23,25-54,59-76H,7-21H2,1-5H3/t22-,23-,25-,26-,27+,28-,29+,30+,31+,32+,33+,34-,35+,36+,37+,38+,39-,40-,41-,42+,43+,44+,45+,46+,47-,48-,49+,50+,51+,52-,53-,54-,55-,56+,57+,58-/m0/s1. The minimum Gasteiger partial charge on any atom is -0.394 e. The molecule has 10 aliphatic rings. The summed E-state index contributed by atoms with van der Waals surface area (Å²) in [7, 11) is 1.64. The average Bonchev–Trinajstić information content (AvgIpc) is 1.47. The van der Waals surface area contributed by atoms with Crippen molar-refractivity contribution in [2.24, 2.45) is 40.4 Å². The molecule has 508 valence electrons. The van der Waals surface area contributed by atoms with Gasteiger partial charge in [0.25, 0.3) is 0 Å². The zero-order chi connectivity index (χ0) is 63.9. The average molecular weight is 1270 g/mol. The lowest BCUT2D eigenvalue weighted by atomic mass is 9.45. The Morgan fingerprint density at radius 3 is 1.60 bits per heavy atom. The Balaban J connectivity index is 0.793. The van der Waals surface area contributed by atoms with E-state index in [1.165, 1.54) is 0 Å². The largest absolute Gasteiger partial charge is 0.394 e. The molecule has 3 saturated carbocycles. The molecule has 6 saturated heterocycles. The molecular formula is C58H96O30. The minimum atomic E-state index is -2.08. The number of allylic oxidation sites excluding steroid dienone is 1. The van der Waals surface area contributed by atoms with Gasteiger partial charge in [0.05, 0.1) is 57.5 Å². The molecule has 0 aromatic heterocycles. The van der Waals surface area contributed by atoms with Gasteiger partial charge in [0.1, 0.15) is 122 Å². The lowest BCUT2D eigenvalue weighted by Crippen LogP contribution is -2.68. The maximum absolute atomic E-state index is 13.2. The molecule has 30 nitrogen and oxygen atoms in total. The van der Waals surface area contributed by atoms with E-state index < -0.39 is 209 Å². The van der Waals surface area contributed by atoms with Crippen LogP contribution in [0.1, 0.15) is 85.5 Å². The second kappa shape index (κ2) is 27.3. The molecule has 0 aromatic carbocycles. The number of methoxy groups -OCH3 is 1. The molecule has 9 fully saturated rings. The summed E-state index contributed by atoms with van der Waals surface area (Å²) in [5, 5.41) is 194. The van der Waals surface area contributed by atoms with Crippen LogP contribution in [-0.4, -0.2) is 316 Å². The lowest BCUT2D eigenvalue weighted by Gasteiger charge is -2.61. The predicted molar refractivity (Wildman–Crippen MR) is 290 cm³/mol. The van der Waals surface area contributed by atoms with Crippen LogP contribution in [0.25, 0.3) is 0 Å². The summed E-state index contributed by atoms with van der Waals surface area (Å²) in [5.41, 5.74) is -0.824. The first-order chi connectivity index (χ1) is 41.7. The Morgan fingerprint density at radius 1 is 0.545 bits per heavy atom. The van der Waals surface area contributed by atoms with Crippen LogP contribution in [0.4, 0.5) is 0 Å². The highest BCUT2D eigenvalue weighted by Gasteiger charge is 2.74. The summed E-state index contributed by atoms with van der Waals surface area (Å²) in [6.07, 6.45) is -37.2. The molecule has 18 N–H and O–H groups in total. The van der Waals surface area contributed by atoms with E-state index in [9.17, 15) is 91.9 Å². The molecule has 0 unspecified atom stereocenters. The second-order valence-electron chi connectivity index (χ2n) is 27.0. The summed E-state index contributed by atoms with van der Waals surface area (Å²) in [6, 6.07) is 0. The van der Waals surface area contributed by atoms with E-state index >= 15 is 0 Å². The summed E-state index contributed by atoms with van der Waals surface area (Å²) < 4.78 is 72.5. The van der Waals surface area contributed by atoms with Gasteiger partial charge in [-0.2, -0.15) is 0 Å². The third kappa shape index (κ3) is 12.1. The van der Waals surface area contributed by atoms with Crippen molar-refractivity contribution in [2.75, 3.05) is 46.8 Å². The van der Waals surface area contributed by atoms with Crippen molar-refractivity contribution in [2.45, 2.75) is 263 Å². The van der Waals surface area contributed by atoms with Crippen LogP contribution in [0.3, 0.4) is 0 Å². The van der Waals surface area contributed by atoms with Gasteiger partial charge in [0.15, 0.2) is 37.2 Å². The van der Waals surface area contributed by atoms with Gasteiger partial charge in [-0.1, -0.05) is 39.3 Å². The van der Waals surface area contributed by atoms with E-state index in [0.717, 1.165) is 18.4 Å². The zero-order valence-electron chi connectivity index (χ0n) is 50.1. The van der Waals surface area contributed by atoms with Crippen molar-refractivity contribution >= 4 is 0 Å². The smallest absolute Gasteiger partial charge is 0.187 e. The molecule has 0 amide bonds. The van der Waals surface area contributed by atoms with Gasteiger partial charge < -0.3 is 149 Å². The third-order valence-electron chi connectivity index (χ3n) is 22.1. The molecule has 88 heavy (non-hydrogen) atoms. The van der Waals surface area contributed by atoms with Crippen molar-refractivity contribution in [3.63, 3.8) is 0 Å². The first kappa shape index (κ1) is 69.4. The summed E-state index contributed by atoms with van der Waals surface area (Å²) in [4.78, 5) is 0. The number of ether oxygens (including phenoxy) is 12. The van der Waals surface area contributed by atoms with Crippen LogP contribution in [0.2, 0.25) is 0 Å². The van der Waals surface area contributed by atoms with Crippen LogP contribution in [-0.2, 0) is 56.8 Å². The first-order valence-electron chi connectivity index (χ1n) is 31.1. The Kier molecular flexibility index (Phi) is 21.6. The highest BCUT2D eigenvalue weighted by molar-refractivity contribution is 5.30. The number of aliphatic hydroxyl groups excluding tert-OH is 17. The van der Waals surface area contributed by atoms with Crippen LogP contribution in [0.5, 0.6) is 0 Å². The Hall–Kier alpha value is -1.46. The van der Waals surface area contributed by atoms with Crippen molar-refractivity contribution in [3.05, 3.63) is 11.6 Å². The SMILES string of the molecule is CO[C@@]1(CC[C@H](C)CO[C@@H]2O[C@H](CO)[C@@H](O)[C@H](O)[C@H]2O)O[C@H]2C[C@@]3(O)[C@@H]4CC=C5C[C@@H](O[C@@H]6O[C@H](CO)[C@H](O[C@@H]7O[C@H](CO)[C@@H](O)[C@H](O[C@@H]8O[C@H](CO)[C@@H](O)[C@H](O)[C@H]8O)[C@H]7O[C@@H]7O[C@H](CO)[C@@H](O)[C@H](O)[C@H]7O)[C@H](O)[C@H]6O)CC[C@]5(C)[C@H]4CC[C@]3(C)[C@H]2[C@@H]1C. The maximum atomic E-state index is 13.2. The Morgan fingerprint density at radius 2 is 1.03 bits per heavy atom. The van der Waals surface area contributed by atoms with Crippen LogP contribution in [0, 0.1) is 40.4 Å². The highest BCUT2D eigenvalue weighted by Crippen LogP contribution is 2.72. The van der Waals surface area contributed by atoms with Crippen LogP contribution < -0.4 is 0 Å². The minimum absolute atomic E-state index is 0.0331. The Bertz CT molecular complexity index is 2320. The molecule has 4 aliphatic carbocycles. The summed E-state index contributed by atoms with van der Waals surface area (Å²) in [5.74, 6) is -1.18. The van der Waals surface area contributed by atoms with Gasteiger partial charge in [0.2, 0.25) is 0 Å². The summed E-state index contributed by atoms with van der Waals surface area (Å²) >= 11 is 0. The maximum Gasteiger partial charge on any atom is 0.187 e. The number of aliphatic hydroxyl groups is 18. The van der Waals surface area contributed by atoms with Gasteiger partial charge in [-0.05, 0) is 68.1 Å². The number of hydrogen-bond acceptors (Lipinski definition) is 30. The molecule has 0 bridgehead atoms. The predicted octanol–water partition coefficient (Wildman–Crippen LogP) is -6.44. The van der Waals surface area contributed by atoms with Crippen LogP contribution in [0.15, 0.2) is 11.6 Å². The molecule has 0 spiro atoms. The number of fused-ring (bicyclic) bond motifs is 7. The lowest BCUT2D eigenvalue weighted by molar-refractivity contribution is -0.406. The van der Waals surface area contributed by atoms with Gasteiger partial charge in [0, 0.05) is 37.2 Å². The van der Waals surface area contributed by atoms with E-state index in [1.54, 1.807) is 7.11 Å². The van der Waals surface area contributed by atoms with Gasteiger partial charge in [-0.25, -0.2) is 0 Å². The molecule has 10 rings (SSSR count). The van der Waals surface area contributed by atoms with Crippen LogP contribution >= 0.6 is 0 Å². The zero-order valence-corrected chi connectivity index (χ0v) is 50.1. The molecule has 6 heterocycles. The van der Waals surface area contributed by atoms with E-state index in [4.69, 9.17) is 56.8 Å². The second-order valence-corrected chi connectivity index (χ2v) is 27.0. The Labute approximate surface area is 508 Å². The first-order valence-corrected chi connectivity index (χ1v) is 31.1. The monoisotopic (exact) mass is 1270 g/mol. The quantitative estimate of drug-likeness (QED) is 0.0504. The van der Waals surface area contributed by atoms with E-state index in [2.05, 4.69) is 26.8 Å². The fourth-order valence-electron chi connectivity index (χ4n) is 16.8. The topological polar surface area (TPSA) is 475 Å². The van der Waals surface area contributed by atoms with Gasteiger partial charge in [-0.15, -0.1) is 0 Å². The molecule has 30 heteroatoms. The number of rotatable bonds is 20. The van der Waals surface area contributed by atoms with Crippen molar-refractivity contribution < 1.29 is 149 Å². The molecule has 36 atom stereocenters. The van der Waals surface area contributed by atoms with Crippen molar-refractivity contribution in [1.29, 1.82) is 0 Å². The van der Waals surface area contributed by atoms with E-state index in [0.29, 0.717) is 44.9 Å². The van der Waals surface area contributed by atoms with E-state index in [1.807, 2.05) is 6.92 Å². The van der Waals surface area contributed by atoms with Crippen molar-refractivity contribution in [3.8, 4) is 0 Å².